The van der Waals surface area contributed by atoms with Crippen molar-refractivity contribution < 1.29 is 0 Å². The van der Waals surface area contributed by atoms with E-state index in [1.54, 1.807) is 0 Å². The van der Waals surface area contributed by atoms with Gasteiger partial charge in [-0.05, 0) is 48.0 Å². The molecule has 0 saturated carbocycles. The number of hydrogen-bond acceptors (Lipinski definition) is 2. The lowest BCUT2D eigenvalue weighted by Crippen LogP contribution is -2.04. The van der Waals surface area contributed by atoms with Crippen LogP contribution in [0.4, 0.5) is 0 Å². The van der Waals surface area contributed by atoms with Gasteiger partial charge in [0.2, 0.25) is 0 Å². The summed E-state index contributed by atoms with van der Waals surface area (Å²) in [5.41, 5.74) is 11.5. The molecule has 0 saturated heterocycles. The van der Waals surface area contributed by atoms with Crippen molar-refractivity contribution in [2.75, 3.05) is 6.54 Å². The first-order valence-corrected chi connectivity index (χ1v) is 6.83. The van der Waals surface area contributed by atoms with Crippen LogP contribution in [0, 0.1) is 13.8 Å². The van der Waals surface area contributed by atoms with E-state index in [0.29, 0.717) is 6.54 Å². The fourth-order valence-corrected chi connectivity index (χ4v) is 2.88. The Morgan fingerprint density at radius 3 is 2.72 bits per heavy atom. The molecule has 2 N–H and O–H groups in total. The number of rotatable bonds is 3. The van der Waals surface area contributed by atoms with Gasteiger partial charge in [-0.15, -0.1) is 0 Å². The second-order valence-electron chi connectivity index (χ2n) is 4.59. The minimum Gasteiger partial charge on any atom is -0.330 e. The molecule has 0 amide bonds. The average Bonchev–Trinajstić information content (AvgIpc) is 2.59. The molecule has 1 aromatic carbocycles. The number of aromatic nitrogens is 2. The van der Waals surface area contributed by atoms with Crippen LogP contribution < -0.4 is 5.73 Å². The lowest BCUT2D eigenvalue weighted by atomic mass is 10.0. The van der Waals surface area contributed by atoms with Gasteiger partial charge in [-0.1, -0.05) is 17.7 Å². The molecule has 18 heavy (non-hydrogen) atoms. The van der Waals surface area contributed by atoms with E-state index in [0.717, 1.165) is 22.3 Å². The molecule has 0 unspecified atom stereocenters. The van der Waals surface area contributed by atoms with Crippen molar-refractivity contribution in [3.05, 3.63) is 39.5 Å². The van der Waals surface area contributed by atoms with Crippen molar-refractivity contribution in [2.45, 2.75) is 20.3 Å². The van der Waals surface area contributed by atoms with Crippen molar-refractivity contribution in [3.63, 3.8) is 0 Å². The smallest absolute Gasteiger partial charge is 0.0826 e. The average molecular weight is 308 g/mol. The number of halogens is 1. The van der Waals surface area contributed by atoms with Gasteiger partial charge in [0.15, 0.2) is 0 Å². The molecule has 3 nitrogen and oxygen atoms in total. The molecular weight excluding hydrogens is 290 g/mol. The Balaban J connectivity index is 2.60. The molecule has 0 bridgehead atoms. The Bertz CT molecular complexity index is 573. The van der Waals surface area contributed by atoms with Crippen molar-refractivity contribution in [1.29, 1.82) is 0 Å². The first-order chi connectivity index (χ1) is 8.54. The van der Waals surface area contributed by atoms with Crippen LogP contribution in [0.25, 0.3) is 11.3 Å². The summed E-state index contributed by atoms with van der Waals surface area (Å²) in [5, 5.41) is 4.54. The van der Waals surface area contributed by atoms with Gasteiger partial charge in [-0.2, -0.15) is 5.10 Å². The lowest BCUT2D eigenvalue weighted by Gasteiger charge is -2.08. The quantitative estimate of drug-likeness (QED) is 0.947. The molecule has 0 atom stereocenters. The minimum absolute atomic E-state index is 0.613. The molecule has 0 aliphatic heterocycles. The zero-order valence-corrected chi connectivity index (χ0v) is 12.6. The van der Waals surface area contributed by atoms with E-state index >= 15 is 0 Å². The maximum Gasteiger partial charge on any atom is 0.0826 e. The molecule has 0 aliphatic rings. The highest BCUT2D eigenvalue weighted by Crippen LogP contribution is 2.33. The van der Waals surface area contributed by atoms with Gasteiger partial charge in [-0.25, -0.2) is 0 Å². The van der Waals surface area contributed by atoms with E-state index < -0.39 is 0 Å². The molecule has 1 aromatic heterocycles. The Hall–Kier alpha value is -1.13. The zero-order valence-electron chi connectivity index (χ0n) is 11.0. The second-order valence-corrected chi connectivity index (χ2v) is 5.38. The molecule has 0 radical (unpaired) electrons. The first-order valence-electron chi connectivity index (χ1n) is 6.03. The summed E-state index contributed by atoms with van der Waals surface area (Å²) in [6, 6.07) is 6.47. The third-order valence-electron chi connectivity index (χ3n) is 3.08. The second kappa shape index (κ2) is 5.24. The van der Waals surface area contributed by atoms with Crippen molar-refractivity contribution in [3.8, 4) is 11.3 Å². The minimum atomic E-state index is 0.613. The first kappa shape index (κ1) is 13.3. The number of hydrogen-bond donors (Lipinski definition) is 1. The normalized spacial score (nSPS) is 10.9. The molecule has 0 aliphatic carbocycles. The van der Waals surface area contributed by atoms with Gasteiger partial charge in [0.05, 0.1) is 15.9 Å². The van der Waals surface area contributed by atoms with Crippen molar-refractivity contribution in [2.24, 2.45) is 12.8 Å². The van der Waals surface area contributed by atoms with Crippen molar-refractivity contribution in [1.82, 2.24) is 9.78 Å². The largest absolute Gasteiger partial charge is 0.330 e. The van der Waals surface area contributed by atoms with Crippen LogP contribution in [0.1, 0.15) is 16.8 Å². The molecule has 2 rings (SSSR count). The molecule has 1 heterocycles. The van der Waals surface area contributed by atoms with Crippen LogP contribution in [-0.2, 0) is 13.5 Å². The highest BCUT2D eigenvalue weighted by atomic mass is 79.9. The van der Waals surface area contributed by atoms with Gasteiger partial charge in [0.25, 0.3) is 0 Å². The summed E-state index contributed by atoms with van der Waals surface area (Å²) in [7, 11) is 1.97. The van der Waals surface area contributed by atoms with E-state index in [1.165, 1.54) is 16.7 Å². The van der Waals surface area contributed by atoms with Crippen LogP contribution in [0.5, 0.6) is 0 Å². The molecule has 4 heteroatoms. The van der Waals surface area contributed by atoms with Crippen LogP contribution in [0.3, 0.4) is 0 Å². The van der Waals surface area contributed by atoms with Gasteiger partial charge in [0, 0.05) is 19.0 Å². The topological polar surface area (TPSA) is 43.8 Å². The lowest BCUT2D eigenvalue weighted by molar-refractivity contribution is 0.745. The monoisotopic (exact) mass is 307 g/mol. The Kier molecular flexibility index (Phi) is 3.88. The maximum atomic E-state index is 5.61. The standard InChI is InChI=1S/C14H18BrN3/c1-9-4-5-10(2)11(8-9)14-13(15)12(6-7-16)17-18(14)3/h4-5,8H,6-7,16H2,1-3H3. The molecular formula is C14H18BrN3. The number of benzene rings is 1. The third kappa shape index (κ3) is 2.35. The molecule has 0 fully saturated rings. The molecule has 0 spiro atoms. The summed E-state index contributed by atoms with van der Waals surface area (Å²) in [6.45, 7) is 4.84. The fraction of sp³-hybridized carbons (Fsp3) is 0.357. The predicted octanol–water partition coefficient (Wildman–Crippen LogP) is 2.97. The highest BCUT2D eigenvalue weighted by Gasteiger charge is 2.16. The maximum absolute atomic E-state index is 5.61. The fourth-order valence-electron chi connectivity index (χ4n) is 2.13. The van der Waals surface area contributed by atoms with Crippen LogP contribution >= 0.6 is 15.9 Å². The number of aryl methyl sites for hydroxylation is 3. The summed E-state index contributed by atoms with van der Waals surface area (Å²) in [4.78, 5) is 0. The van der Waals surface area contributed by atoms with Crippen molar-refractivity contribution >= 4 is 15.9 Å². The number of nitrogens with zero attached hydrogens (tertiary/aromatic N) is 2. The van der Waals surface area contributed by atoms with E-state index in [1.807, 2.05) is 11.7 Å². The predicted molar refractivity (Wildman–Crippen MR) is 78.6 cm³/mol. The van der Waals surface area contributed by atoms with E-state index in [-0.39, 0.29) is 0 Å². The highest BCUT2D eigenvalue weighted by molar-refractivity contribution is 9.10. The molecule has 2 aromatic rings. The third-order valence-corrected chi connectivity index (χ3v) is 3.92. The summed E-state index contributed by atoms with van der Waals surface area (Å²) in [6.07, 6.45) is 0.791. The van der Waals surface area contributed by atoms with E-state index in [4.69, 9.17) is 5.73 Å². The zero-order chi connectivity index (χ0) is 13.3. The van der Waals surface area contributed by atoms with Gasteiger partial charge in [0.1, 0.15) is 0 Å². The van der Waals surface area contributed by atoms with Gasteiger partial charge < -0.3 is 5.73 Å². The Labute approximate surface area is 116 Å². The van der Waals surface area contributed by atoms with Gasteiger partial charge in [-0.3, -0.25) is 4.68 Å². The summed E-state index contributed by atoms with van der Waals surface area (Å²) in [5.74, 6) is 0. The van der Waals surface area contributed by atoms with E-state index in [2.05, 4.69) is 53.1 Å². The van der Waals surface area contributed by atoms with Crippen LogP contribution in [0.15, 0.2) is 22.7 Å². The molecule has 96 valence electrons. The number of nitrogens with two attached hydrogens (primary N) is 1. The summed E-state index contributed by atoms with van der Waals surface area (Å²) >= 11 is 3.66. The Morgan fingerprint density at radius 2 is 2.06 bits per heavy atom. The summed E-state index contributed by atoms with van der Waals surface area (Å²) < 4.78 is 2.99. The van der Waals surface area contributed by atoms with Gasteiger partial charge >= 0.3 is 0 Å². The Morgan fingerprint density at radius 1 is 1.33 bits per heavy atom. The van der Waals surface area contributed by atoms with E-state index in [9.17, 15) is 0 Å². The van der Waals surface area contributed by atoms with Crippen LogP contribution in [-0.4, -0.2) is 16.3 Å². The SMILES string of the molecule is Cc1ccc(C)c(-c2c(Br)c(CCN)nn2C)c1. The van der Waals surface area contributed by atoms with Crippen LogP contribution in [0.2, 0.25) is 0 Å².